The van der Waals surface area contributed by atoms with Crippen molar-refractivity contribution in [2.24, 2.45) is 0 Å². The average molecular weight is 281 g/mol. The first kappa shape index (κ1) is 14.3. The van der Waals surface area contributed by atoms with E-state index < -0.39 is 23.7 Å². The van der Waals surface area contributed by atoms with Crippen LogP contribution in [0, 0.1) is 5.82 Å². The van der Waals surface area contributed by atoms with Crippen LogP contribution in [0.5, 0.6) is 5.75 Å². The number of carbonyl (C=O) groups excluding carboxylic acids is 1. The largest absolute Gasteiger partial charge is 0.497 e. The van der Waals surface area contributed by atoms with Gasteiger partial charge in [0.1, 0.15) is 17.6 Å². The Labute approximate surface area is 116 Å². The smallest absolute Gasteiger partial charge is 0.326 e. The number of ether oxygens (including phenoxy) is 1. The molecular weight excluding hydrogens is 265 g/mol. The fraction of sp³-hybridized carbons (Fsp3) is 0.429. The van der Waals surface area contributed by atoms with Crippen molar-refractivity contribution in [3.05, 3.63) is 29.6 Å². The van der Waals surface area contributed by atoms with Gasteiger partial charge in [-0.15, -0.1) is 0 Å². The Bertz CT molecular complexity index is 532. The first-order valence-electron chi connectivity index (χ1n) is 6.42. The van der Waals surface area contributed by atoms with Crippen molar-refractivity contribution in [1.29, 1.82) is 0 Å². The molecule has 1 saturated heterocycles. The Balaban J connectivity index is 2.27. The van der Waals surface area contributed by atoms with Gasteiger partial charge in [0.25, 0.3) is 5.91 Å². The highest BCUT2D eigenvalue weighted by atomic mass is 19.1. The van der Waals surface area contributed by atoms with E-state index in [4.69, 9.17) is 9.84 Å². The van der Waals surface area contributed by atoms with E-state index in [1.54, 1.807) is 0 Å². The molecule has 0 saturated carbocycles. The van der Waals surface area contributed by atoms with Crippen molar-refractivity contribution in [2.45, 2.75) is 25.3 Å². The number of rotatable bonds is 3. The molecule has 2 rings (SSSR count). The number of likely N-dealkylation sites (tertiary alicyclic amines) is 1. The molecule has 108 valence electrons. The topological polar surface area (TPSA) is 66.8 Å². The predicted molar refractivity (Wildman–Crippen MR) is 69.3 cm³/mol. The number of piperidine rings is 1. The summed E-state index contributed by atoms with van der Waals surface area (Å²) in [5, 5.41) is 9.15. The van der Waals surface area contributed by atoms with Gasteiger partial charge in [0, 0.05) is 12.6 Å². The zero-order valence-electron chi connectivity index (χ0n) is 11.1. The van der Waals surface area contributed by atoms with Gasteiger partial charge >= 0.3 is 5.97 Å². The number of hydrogen-bond acceptors (Lipinski definition) is 3. The number of halogens is 1. The molecule has 1 amide bonds. The number of amides is 1. The fourth-order valence-corrected chi connectivity index (χ4v) is 2.38. The van der Waals surface area contributed by atoms with E-state index in [0.717, 1.165) is 18.9 Å². The van der Waals surface area contributed by atoms with Crippen molar-refractivity contribution in [3.63, 3.8) is 0 Å². The summed E-state index contributed by atoms with van der Waals surface area (Å²) in [6, 6.07) is 3.05. The molecule has 20 heavy (non-hydrogen) atoms. The van der Waals surface area contributed by atoms with Crippen LogP contribution < -0.4 is 4.74 Å². The van der Waals surface area contributed by atoms with Crippen LogP contribution in [0.3, 0.4) is 0 Å². The van der Waals surface area contributed by atoms with Crippen LogP contribution in [0.4, 0.5) is 4.39 Å². The van der Waals surface area contributed by atoms with Gasteiger partial charge in [-0.25, -0.2) is 9.18 Å². The van der Waals surface area contributed by atoms with E-state index >= 15 is 0 Å². The van der Waals surface area contributed by atoms with Gasteiger partial charge in [0.2, 0.25) is 0 Å². The van der Waals surface area contributed by atoms with E-state index in [1.807, 2.05) is 0 Å². The summed E-state index contributed by atoms with van der Waals surface area (Å²) < 4.78 is 18.8. The second-order valence-corrected chi connectivity index (χ2v) is 4.69. The number of methoxy groups -OCH3 is 1. The first-order valence-corrected chi connectivity index (χ1v) is 6.42. The maximum atomic E-state index is 13.9. The molecule has 0 spiro atoms. The number of benzene rings is 1. The van der Waals surface area contributed by atoms with E-state index in [0.29, 0.717) is 18.7 Å². The SMILES string of the molecule is COc1ccc(C(=O)N2CCCC[C@H]2C(=O)O)c(F)c1. The van der Waals surface area contributed by atoms with Crippen LogP contribution in [0.15, 0.2) is 18.2 Å². The molecule has 1 fully saturated rings. The molecule has 0 radical (unpaired) electrons. The summed E-state index contributed by atoms with van der Waals surface area (Å²) in [5.74, 6) is -2.03. The van der Waals surface area contributed by atoms with Crippen molar-refractivity contribution in [2.75, 3.05) is 13.7 Å². The van der Waals surface area contributed by atoms with Gasteiger partial charge < -0.3 is 14.7 Å². The molecule has 1 aromatic rings. The molecule has 0 aliphatic carbocycles. The Morgan fingerprint density at radius 1 is 1.40 bits per heavy atom. The molecule has 0 unspecified atom stereocenters. The molecule has 6 heteroatoms. The summed E-state index contributed by atoms with van der Waals surface area (Å²) in [7, 11) is 1.40. The summed E-state index contributed by atoms with van der Waals surface area (Å²) in [6.07, 6.45) is 1.89. The lowest BCUT2D eigenvalue weighted by atomic mass is 10.0. The highest BCUT2D eigenvalue weighted by Crippen LogP contribution is 2.23. The number of carboxylic acids is 1. The number of carboxylic acid groups (broad SMARTS) is 1. The van der Waals surface area contributed by atoms with Gasteiger partial charge in [0.05, 0.1) is 12.7 Å². The van der Waals surface area contributed by atoms with Crippen molar-refractivity contribution < 1.29 is 23.8 Å². The van der Waals surface area contributed by atoms with Crippen LogP contribution in [-0.4, -0.2) is 41.6 Å². The Morgan fingerprint density at radius 3 is 2.75 bits per heavy atom. The third-order valence-corrected chi connectivity index (χ3v) is 3.46. The number of aliphatic carboxylic acids is 1. The number of nitrogens with zero attached hydrogens (tertiary/aromatic N) is 1. The standard InChI is InChI=1S/C14H16FNO4/c1-20-9-5-6-10(11(15)8-9)13(17)16-7-3-2-4-12(16)14(18)19/h5-6,8,12H,2-4,7H2,1H3,(H,18,19)/t12-/m0/s1. The highest BCUT2D eigenvalue weighted by molar-refractivity contribution is 5.97. The molecule has 0 aromatic heterocycles. The minimum Gasteiger partial charge on any atom is -0.497 e. The second-order valence-electron chi connectivity index (χ2n) is 4.69. The zero-order valence-corrected chi connectivity index (χ0v) is 11.1. The van der Waals surface area contributed by atoms with Crippen molar-refractivity contribution in [1.82, 2.24) is 4.90 Å². The lowest BCUT2D eigenvalue weighted by Gasteiger charge is -2.33. The first-order chi connectivity index (χ1) is 9.54. The normalized spacial score (nSPS) is 18.7. The van der Waals surface area contributed by atoms with Gasteiger partial charge in [-0.05, 0) is 31.4 Å². The minimum absolute atomic E-state index is 0.126. The van der Waals surface area contributed by atoms with Gasteiger partial charge in [0.15, 0.2) is 0 Å². The molecule has 1 N–H and O–H groups in total. The van der Waals surface area contributed by atoms with Crippen molar-refractivity contribution >= 4 is 11.9 Å². The second kappa shape index (κ2) is 5.90. The van der Waals surface area contributed by atoms with E-state index in [1.165, 1.54) is 24.1 Å². The van der Waals surface area contributed by atoms with Crippen LogP contribution in [0.25, 0.3) is 0 Å². The maximum Gasteiger partial charge on any atom is 0.326 e. The van der Waals surface area contributed by atoms with Gasteiger partial charge in [-0.1, -0.05) is 0 Å². The van der Waals surface area contributed by atoms with Crippen molar-refractivity contribution in [3.8, 4) is 5.75 Å². The summed E-state index contributed by atoms with van der Waals surface area (Å²) in [5.41, 5.74) is -0.126. The number of hydrogen-bond donors (Lipinski definition) is 1. The highest BCUT2D eigenvalue weighted by Gasteiger charge is 2.33. The number of carbonyl (C=O) groups is 2. The lowest BCUT2D eigenvalue weighted by Crippen LogP contribution is -2.48. The fourth-order valence-electron chi connectivity index (χ4n) is 2.38. The molecule has 5 nitrogen and oxygen atoms in total. The molecule has 1 aliphatic rings. The van der Waals surface area contributed by atoms with E-state index in [-0.39, 0.29) is 5.56 Å². The monoisotopic (exact) mass is 281 g/mol. The maximum absolute atomic E-state index is 13.9. The zero-order chi connectivity index (χ0) is 14.7. The quantitative estimate of drug-likeness (QED) is 0.919. The molecule has 1 heterocycles. The molecule has 1 atom stereocenters. The van der Waals surface area contributed by atoms with Crippen LogP contribution >= 0.6 is 0 Å². The van der Waals surface area contributed by atoms with E-state index in [9.17, 15) is 14.0 Å². The Morgan fingerprint density at radius 2 is 2.15 bits per heavy atom. The summed E-state index contributed by atoms with van der Waals surface area (Å²) in [6.45, 7) is 0.335. The third-order valence-electron chi connectivity index (χ3n) is 3.46. The molecule has 1 aliphatic heterocycles. The molecular formula is C14H16FNO4. The molecule has 1 aromatic carbocycles. The minimum atomic E-state index is -1.05. The van der Waals surface area contributed by atoms with Crippen LogP contribution in [0.2, 0.25) is 0 Å². The summed E-state index contributed by atoms with van der Waals surface area (Å²) >= 11 is 0. The Kier molecular flexibility index (Phi) is 4.22. The third kappa shape index (κ3) is 2.74. The lowest BCUT2D eigenvalue weighted by molar-refractivity contribution is -0.143. The van der Waals surface area contributed by atoms with Crippen LogP contribution in [-0.2, 0) is 4.79 Å². The summed E-state index contributed by atoms with van der Waals surface area (Å²) in [4.78, 5) is 24.7. The Hall–Kier alpha value is -2.11. The van der Waals surface area contributed by atoms with Gasteiger partial charge in [-0.2, -0.15) is 0 Å². The average Bonchev–Trinajstić information content (AvgIpc) is 2.46. The van der Waals surface area contributed by atoms with Gasteiger partial charge in [-0.3, -0.25) is 4.79 Å². The predicted octanol–water partition coefficient (Wildman–Crippen LogP) is 1.91. The van der Waals surface area contributed by atoms with E-state index in [2.05, 4.69) is 0 Å². The molecule has 0 bridgehead atoms. The van der Waals surface area contributed by atoms with Crippen LogP contribution in [0.1, 0.15) is 29.6 Å².